The third kappa shape index (κ3) is 5.67. The number of pyridine rings is 1. The summed E-state index contributed by atoms with van der Waals surface area (Å²) in [6.07, 6.45) is 0.247. The van der Waals surface area contributed by atoms with Gasteiger partial charge in [-0.3, -0.25) is 0 Å². The van der Waals surface area contributed by atoms with Crippen LogP contribution < -0.4 is 5.32 Å². The lowest BCUT2D eigenvalue weighted by atomic mass is 9.97. The Hall–Kier alpha value is -3.88. The predicted octanol–water partition coefficient (Wildman–Crippen LogP) is 4.97. The summed E-state index contributed by atoms with van der Waals surface area (Å²) in [6.45, 7) is 7.18. The van der Waals surface area contributed by atoms with E-state index in [9.17, 15) is 23.2 Å². The smallest absolute Gasteiger partial charge is 0.417 e. The molecule has 1 fully saturated rings. The number of nitriles is 1. The molecular weight excluding hydrogens is 475 g/mol. The molecule has 190 valence electrons. The van der Waals surface area contributed by atoms with Crippen molar-refractivity contribution in [3.8, 4) is 17.3 Å². The first-order chi connectivity index (χ1) is 16.9. The number of rotatable bonds is 4. The first-order valence-corrected chi connectivity index (χ1v) is 11.5. The molecule has 3 aromatic rings. The Morgan fingerprint density at radius 2 is 1.97 bits per heavy atom. The molecule has 3 aromatic heterocycles. The van der Waals surface area contributed by atoms with E-state index >= 15 is 0 Å². The minimum Gasteiger partial charge on any atom is -0.444 e. The minimum atomic E-state index is -4.55. The van der Waals surface area contributed by atoms with Crippen LogP contribution in [0.1, 0.15) is 44.7 Å². The highest BCUT2D eigenvalue weighted by atomic mass is 19.4. The first-order valence-electron chi connectivity index (χ1n) is 11.5. The Labute approximate surface area is 205 Å². The van der Waals surface area contributed by atoms with E-state index < -0.39 is 17.3 Å². The van der Waals surface area contributed by atoms with Crippen LogP contribution >= 0.6 is 0 Å². The predicted molar refractivity (Wildman–Crippen MR) is 126 cm³/mol. The van der Waals surface area contributed by atoms with Crippen molar-refractivity contribution in [2.45, 2.75) is 45.4 Å². The van der Waals surface area contributed by atoms with Crippen LogP contribution in [0.2, 0.25) is 0 Å². The normalized spacial score (nSPS) is 15.1. The number of amides is 1. The number of nitrogens with zero attached hydrogens (tertiary/aromatic N) is 5. The van der Waals surface area contributed by atoms with Crippen molar-refractivity contribution in [3.05, 3.63) is 35.8 Å². The summed E-state index contributed by atoms with van der Waals surface area (Å²) in [4.78, 5) is 29.3. The second-order valence-electron chi connectivity index (χ2n) is 9.68. The van der Waals surface area contributed by atoms with Crippen LogP contribution in [0.4, 0.5) is 23.9 Å². The quantitative estimate of drug-likeness (QED) is 0.518. The van der Waals surface area contributed by atoms with E-state index in [1.807, 2.05) is 26.8 Å². The van der Waals surface area contributed by atoms with Crippen molar-refractivity contribution in [1.82, 2.24) is 24.8 Å². The Morgan fingerprint density at radius 3 is 2.61 bits per heavy atom. The van der Waals surface area contributed by atoms with Gasteiger partial charge in [0.1, 0.15) is 17.3 Å². The number of alkyl halides is 3. The molecule has 0 aromatic carbocycles. The van der Waals surface area contributed by atoms with Gasteiger partial charge in [-0.2, -0.15) is 18.4 Å². The van der Waals surface area contributed by atoms with Crippen molar-refractivity contribution < 1.29 is 22.7 Å². The third-order valence-corrected chi connectivity index (χ3v) is 5.84. The fourth-order valence-corrected chi connectivity index (χ4v) is 3.99. The molecule has 1 aliphatic heterocycles. The molecule has 12 heteroatoms. The number of aromatic nitrogens is 4. The van der Waals surface area contributed by atoms with Gasteiger partial charge >= 0.3 is 12.3 Å². The fraction of sp³-hybridized carbons (Fsp3) is 0.458. The van der Waals surface area contributed by atoms with Crippen molar-refractivity contribution >= 4 is 23.1 Å². The maximum absolute atomic E-state index is 13.2. The summed E-state index contributed by atoms with van der Waals surface area (Å²) in [5.74, 6) is 0.519. The summed E-state index contributed by atoms with van der Waals surface area (Å²) in [6, 6.07) is 2.99. The maximum Gasteiger partial charge on any atom is 0.417 e. The largest absolute Gasteiger partial charge is 0.444 e. The van der Waals surface area contributed by atoms with Crippen molar-refractivity contribution in [3.63, 3.8) is 0 Å². The number of ether oxygens (including phenoxy) is 1. The summed E-state index contributed by atoms with van der Waals surface area (Å²) in [5.41, 5.74) is -0.510. The number of piperidine rings is 1. The Bertz CT molecular complexity index is 1300. The van der Waals surface area contributed by atoms with Gasteiger partial charge in [0.15, 0.2) is 0 Å². The van der Waals surface area contributed by atoms with Crippen LogP contribution in [0.15, 0.2) is 24.7 Å². The average Bonchev–Trinajstić information content (AvgIpc) is 3.24. The van der Waals surface area contributed by atoms with Gasteiger partial charge in [0, 0.05) is 43.0 Å². The average molecular weight is 502 g/mol. The number of hydrogen-bond acceptors (Lipinski definition) is 7. The number of nitrogens with one attached hydrogen (secondary N) is 2. The zero-order chi connectivity index (χ0) is 26.1. The van der Waals surface area contributed by atoms with E-state index in [0.29, 0.717) is 25.2 Å². The second kappa shape index (κ2) is 9.64. The topological polar surface area (TPSA) is 120 Å². The van der Waals surface area contributed by atoms with Crippen LogP contribution in [0.5, 0.6) is 0 Å². The highest BCUT2D eigenvalue weighted by Crippen LogP contribution is 2.34. The monoisotopic (exact) mass is 501 g/mol. The van der Waals surface area contributed by atoms with Crippen molar-refractivity contribution in [1.29, 1.82) is 5.26 Å². The Kier molecular flexibility index (Phi) is 6.75. The number of likely N-dealkylation sites (tertiary alicyclic amines) is 1. The number of anilines is 1. The molecule has 4 rings (SSSR count). The summed E-state index contributed by atoms with van der Waals surface area (Å²) < 4.78 is 45.1. The van der Waals surface area contributed by atoms with E-state index in [2.05, 4.69) is 25.3 Å². The van der Waals surface area contributed by atoms with Gasteiger partial charge in [-0.1, -0.05) is 0 Å². The number of H-pyrrole nitrogens is 1. The molecule has 0 aliphatic carbocycles. The SMILES string of the molecule is CC(C)(C)OC(=O)N1CCC(CNc2ncc(C#N)c(-c3c[nH]c4ncc(C(F)(F)F)cc34)n2)CC1. The molecule has 1 saturated heterocycles. The van der Waals surface area contributed by atoms with Gasteiger partial charge < -0.3 is 19.9 Å². The molecule has 4 heterocycles. The number of fused-ring (bicyclic) bond motifs is 1. The molecule has 0 radical (unpaired) electrons. The molecular formula is C24H26F3N7O2. The number of carbonyl (C=O) groups excluding carboxylic acids is 1. The Balaban J connectivity index is 1.47. The van der Waals surface area contributed by atoms with E-state index in [1.54, 1.807) is 4.90 Å². The summed E-state index contributed by atoms with van der Waals surface area (Å²) in [7, 11) is 0. The molecule has 0 bridgehead atoms. The molecule has 0 spiro atoms. The molecule has 36 heavy (non-hydrogen) atoms. The van der Waals surface area contributed by atoms with Crippen LogP contribution in [-0.2, 0) is 10.9 Å². The summed E-state index contributed by atoms with van der Waals surface area (Å²) >= 11 is 0. The van der Waals surface area contributed by atoms with Crippen molar-refractivity contribution in [2.24, 2.45) is 5.92 Å². The van der Waals surface area contributed by atoms with Crippen LogP contribution in [0.25, 0.3) is 22.3 Å². The van der Waals surface area contributed by atoms with E-state index in [1.165, 1.54) is 12.4 Å². The van der Waals surface area contributed by atoms with Gasteiger partial charge in [-0.15, -0.1) is 0 Å². The third-order valence-electron chi connectivity index (χ3n) is 5.84. The highest BCUT2D eigenvalue weighted by Gasteiger charge is 2.32. The van der Waals surface area contributed by atoms with E-state index in [0.717, 1.165) is 25.1 Å². The van der Waals surface area contributed by atoms with Gasteiger partial charge in [-0.25, -0.2) is 19.7 Å². The molecule has 1 aliphatic rings. The second-order valence-corrected chi connectivity index (χ2v) is 9.68. The lowest BCUT2D eigenvalue weighted by Gasteiger charge is -2.33. The van der Waals surface area contributed by atoms with Gasteiger partial charge in [0.2, 0.25) is 5.95 Å². The van der Waals surface area contributed by atoms with Crippen LogP contribution in [-0.4, -0.2) is 56.2 Å². The highest BCUT2D eigenvalue weighted by molar-refractivity contribution is 5.94. The van der Waals surface area contributed by atoms with Gasteiger partial charge in [-0.05, 0) is 45.6 Å². The lowest BCUT2D eigenvalue weighted by molar-refractivity contribution is -0.137. The van der Waals surface area contributed by atoms with Gasteiger partial charge in [0.05, 0.1) is 23.0 Å². The zero-order valence-electron chi connectivity index (χ0n) is 20.1. The van der Waals surface area contributed by atoms with Crippen molar-refractivity contribution in [2.75, 3.05) is 25.0 Å². The zero-order valence-corrected chi connectivity index (χ0v) is 20.1. The number of hydrogen-bond donors (Lipinski definition) is 2. The number of aromatic amines is 1. The molecule has 2 N–H and O–H groups in total. The number of carbonyl (C=O) groups is 1. The molecule has 0 saturated carbocycles. The Morgan fingerprint density at radius 1 is 1.25 bits per heavy atom. The van der Waals surface area contributed by atoms with E-state index in [-0.39, 0.29) is 40.3 Å². The number of halogens is 3. The van der Waals surface area contributed by atoms with Crippen LogP contribution in [0, 0.1) is 17.2 Å². The minimum absolute atomic E-state index is 0.129. The van der Waals surface area contributed by atoms with Crippen LogP contribution in [0.3, 0.4) is 0 Å². The molecule has 0 unspecified atom stereocenters. The standard InChI is InChI=1S/C24H26F3N7O2/c1-23(2,3)36-22(35)34-6-4-14(5-7-34)10-31-21-32-11-15(9-28)19(33-21)18-13-30-20-17(18)8-16(12-29-20)24(25,26)27/h8,11-14H,4-7,10H2,1-3H3,(H,29,30)(H,31,32,33). The first kappa shape index (κ1) is 25.2. The summed E-state index contributed by atoms with van der Waals surface area (Å²) in [5, 5.41) is 12.9. The molecule has 9 nitrogen and oxygen atoms in total. The van der Waals surface area contributed by atoms with Gasteiger partial charge in [0.25, 0.3) is 0 Å². The van der Waals surface area contributed by atoms with E-state index in [4.69, 9.17) is 4.74 Å². The maximum atomic E-state index is 13.2. The molecule has 1 amide bonds. The fourth-order valence-electron chi connectivity index (χ4n) is 3.99. The molecule has 0 atom stereocenters. The lowest BCUT2D eigenvalue weighted by Crippen LogP contribution is -2.42.